The first kappa shape index (κ1) is 11.8. The molecule has 0 bridgehead atoms. The van der Waals surface area contributed by atoms with Gasteiger partial charge < -0.3 is 4.98 Å². The molecule has 0 amide bonds. The first-order chi connectivity index (χ1) is 7.61. The first-order valence-corrected chi connectivity index (χ1v) is 6.62. The van der Waals surface area contributed by atoms with Crippen LogP contribution in [0.5, 0.6) is 0 Å². The molecule has 1 aromatic rings. The lowest BCUT2D eigenvalue weighted by atomic mass is 10.0. The minimum atomic E-state index is 0.598. The third-order valence-electron chi connectivity index (χ3n) is 3.68. The highest BCUT2D eigenvalue weighted by molar-refractivity contribution is 7.71. The van der Waals surface area contributed by atoms with Crippen LogP contribution in [-0.4, -0.2) is 9.97 Å². The monoisotopic (exact) mass is 236 g/mol. The van der Waals surface area contributed by atoms with E-state index in [9.17, 15) is 0 Å². The molecule has 2 rings (SSSR count). The van der Waals surface area contributed by atoms with Gasteiger partial charge in [-0.15, -0.1) is 0 Å². The van der Waals surface area contributed by atoms with E-state index >= 15 is 0 Å². The highest BCUT2D eigenvalue weighted by atomic mass is 32.1. The number of aryl methyl sites for hydroxylation is 1. The van der Waals surface area contributed by atoms with Gasteiger partial charge in [-0.25, -0.2) is 4.98 Å². The van der Waals surface area contributed by atoms with E-state index in [1.807, 2.05) is 0 Å². The van der Waals surface area contributed by atoms with Gasteiger partial charge in [0.15, 0.2) is 0 Å². The number of aromatic amines is 1. The lowest BCUT2D eigenvalue weighted by Gasteiger charge is -2.12. The molecule has 0 aliphatic heterocycles. The van der Waals surface area contributed by atoms with Gasteiger partial charge in [0.25, 0.3) is 0 Å². The molecule has 0 radical (unpaired) electrons. The average Bonchev–Trinajstić information content (AvgIpc) is 2.64. The molecule has 0 aromatic carbocycles. The molecule has 1 aliphatic carbocycles. The van der Waals surface area contributed by atoms with Crippen molar-refractivity contribution in [2.75, 3.05) is 0 Å². The maximum absolute atomic E-state index is 5.36. The molecule has 1 heterocycles. The van der Waals surface area contributed by atoms with Gasteiger partial charge >= 0.3 is 0 Å². The van der Waals surface area contributed by atoms with E-state index < -0.39 is 0 Å². The minimum absolute atomic E-state index is 0.598. The van der Waals surface area contributed by atoms with Gasteiger partial charge in [-0.1, -0.05) is 26.1 Å². The van der Waals surface area contributed by atoms with Crippen molar-refractivity contribution in [3.05, 3.63) is 21.7 Å². The smallest absolute Gasteiger partial charge is 0.133 e. The van der Waals surface area contributed by atoms with E-state index in [-0.39, 0.29) is 0 Å². The molecule has 16 heavy (non-hydrogen) atoms. The van der Waals surface area contributed by atoms with Crippen LogP contribution in [0.4, 0.5) is 0 Å². The zero-order valence-electron chi connectivity index (χ0n) is 10.3. The fourth-order valence-corrected chi connectivity index (χ4v) is 3.09. The Kier molecular flexibility index (Phi) is 3.43. The normalized spacial score (nSPS) is 24.9. The molecular formula is C13H20N2S. The van der Waals surface area contributed by atoms with Crippen molar-refractivity contribution in [1.29, 1.82) is 0 Å². The zero-order valence-corrected chi connectivity index (χ0v) is 11.2. The number of nitrogens with one attached hydrogen (secondary N) is 1. The first-order valence-electron chi connectivity index (χ1n) is 6.21. The van der Waals surface area contributed by atoms with E-state index in [1.54, 1.807) is 0 Å². The van der Waals surface area contributed by atoms with Crippen LogP contribution in [-0.2, 0) is 6.42 Å². The van der Waals surface area contributed by atoms with Crippen molar-refractivity contribution in [1.82, 2.24) is 9.97 Å². The highest BCUT2D eigenvalue weighted by Gasteiger charge is 2.24. The summed E-state index contributed by atoms with van der Waals surface area (Å²) in [6, 6.07) is 0. The summed E-state index contributed by atoms with van der Waals surface area (Å²) in [5.41, 5.74) is 2.40. The predicted molar refractivity (Wildman–Crippen MR) is 69.3 cm³/mol. The lowest BCUT2D eigenvalue weighted by molar-refractivity contribution is 0.583. The van der Waals surface area contributed by atoms with Gasteiger partial charge in [-0.3, -0.25) is 0 Å². The van der Waals surface area contributed by atoms with Gasteiger partial charge in [-0.05, 0) is 38.5 Å². The highest BCUT2D eigenvalue weighted by Crippen LogP contribution is 2.36. The van der Waals surface area contributed by atoms with E-state index in [2.05, 4.69) is 30.7 Å². The zero-order chi connectivity index (χ0) is 11.7. The number of rotatable bonds is 2. The molecule has 2 atom stereocenters. The van der Waals surface area contributed by atoms with Crippen LogP contribution in [0.2, 0.25) is 0 Å². The summed E-state index contributed by atoms with van der Waals surface area (Å²) in [4.78, 5) is 8.03. The number of hydrogen-bond donors (Lipinski definition) is 1. The summed E-state index contributed by atoms with van der Waals surface area (Å²) < 4.78 is 0.799. The van der Waals surface area contributed by atoms with E-state index in [0.29, 0.717) is 5.92 Å². The molecule has 0 spiro atoms. The minimum Gasteiger partial charge on any atom is -0.347 e. The summed E-state index contributed by atoms with van der Waals surface area (Å²) >= 11 is 5.36. The molecule has 1 saturated carbocycles. The van der Waals surface area contributed by atoms with Gasteiger partial charge in [0.2, 0.25) is 0 Å². The van der Waals surface area contributed by atoms with Crippen LogP contribution in [0.1, 0.15) is 56.1 Å². The molecule has 1 aliphatic rings. The Bertz CT molecular complexity index is 436. The van der Waals surface area contributed by atoms with Crippen molar-refractivity contribution in [3.63, 3.8) is 0 Å². The number of H-pyrrole nitrogens is 1. The number of hydrogen-bond acceptors (Lipinski definition) is 2. The lowest BCUT2D eigenvalue weighted by Crippen LogP contribution is -2.06. The molecule has 3 heteroatoms. The molecule has 2 unspecified atom stereocenters. The fraction of sp³-hybridized carbons (Fsp3) is 0.692. The molecule has 88 valence electrons. The molecule has 0 saturated heterocycles. The number of aromatic nitrogens is 2. The molecule has 1 fully saturated rings. The quantitative estimate of drug-likeness (QED) is 0.789. The molecular weight excluding hydrogens is 216 g/mol. The van der Waals surface area contributed by atoms with Crippen LogP contribution in [0.3, 0.4) is 0 Å². The fourth-order valence-electron chi connectivity index (χ4n) is 2.70. The SMILES string of the molecule is CCc1c(C)[nH]c(C2CCC(C)C2)nc1=S. The van der Waals surface area contributed by atoms with Gasteiger partial charge in [-0.2, -0.15) is 0 Å². The Morgan fingerprint density at radius 1 is 1.44 bits per heavy atom. The third-order valence-corrected chi connectivity index (χ3v) is 4.02. The summed E-state index contributed by atoms with van der Waals surface area (Å²) in [5.74, 6) is 2.55. The second-order valence-corrected chi connectivity index (χ2v) is 5.39. The largest absolute Gasteiger partial charge is 0.347 e. The second-order valence-electron chi connectivity index (χ2n) is 5.00. The van der Waals surface area contributed by atoms with E-state index in [1.165, 1.54) is 30.5 Å². The van der Waals surface area contributed by atoms with Crippen molar-refractivity contribution in [3.8, 4) is 0 Å². The molecule has 2 nitrogen and oxygen atoms in total. The van der Waals surface area contributed by atoms with Crippen molar-refractivity contribution >= 4 is 12.2 Å². The summed E-state index contributed by atoms with van der Waals surface area (Å²) in [6.07, 6.45) is 4.80. The van der Waals surface area contributed by atoms with E-state index in [4.69, 9.17) is 12.2 Å². The molecule has 1 aromatic heterocycles. The maximum atomic E-state index is 5.36. The summed E-state index contributed by atoms with van der Waals surface area (Å²) in [5, 5.41) is 0. The van der Waals surface area contributed by atoms with Crippen LogP contribution in [0.25, 0.3) is 0 Å². The molecule has 1 N–H and O–H groups in total. The summed E-state index contributed by atoms with van der Waals surface area (Å²) in [7, 11) is 0. The van der Waals surface area contributed by atoms with Crippen LogP contribution in [0.15, 0.2) is 0 Å². The van der Waals surface area contributed by atoms with E-state index in [0.717, 1.165) is 22.8 Å². The third kappa shape index (κ3) is 2.19. The van der Waals surface area contributed by atoms with Crippen LogP contribution >= 0.6 is 12.2 Å². The Morgan fingerprint density at radius 3 is 2.69 bits per heavy atom. The standard InChI is InChI=1S/C13H20N2S/c1-4-11-9(3)14-12(15-13(11)16)10-6-5-8(2)7-10/h8,10H,4-7H2,1-3H3,(H,14,15,16). The van der Waals surface area contributed by atoms with Crippen molar-refractivity contribution in [2.45, 2.75) is 52.4 Å². The Hall–Kier alpha value is -0.700. The van der Waals surface area contributed by atoms with Crippen molar-refractivity contribution in [2.24, 2.45) is 5.92 Å². The van der Waals surface area contributed by atoms with Crippen LogP contribution < -0.4 is 0 Å². The average molecular weight is 236 g/mol. The van der Waals surface area contributed by atoms with Gasteiger partial charge in [0.05, 0.1) is 0 Å². The number of nitrogens with zero attached hydrogens (tertiary/aromatic N) is 1. The maximum Gasteiger partial charge on any atom is 0.133 e. The Morgan fingerprint density at radius 2 is 2.19 bits per heavy atom. The topological polar surface area (TPSA) is 28.7 Å². The summed E-state index contributed by atoms with van der Waals surface area (Å²) in [6.45, 7) is 6.56. The second kappa shape index (κ2) is 4.66. The Balaban J connectivity index is 2.33. The predicted octanol–water partition coefficient (Wildman–Crippen LogP) is 3.91. The van der Waals surface area contributed by atoms with Gasteiger partial charge in [0.1, 0.15) is 10.5 Å². The Labute approximate surface area is 103 Å². The van der Waals surface area contributed by atoms with Crippen molar-refractivity contribution < 1.29 is 0 Å². The van der Waals surface area contributed by atoms with Crippen LogP contribution in [0, 0.1) is 17.5 Å². The van der Waals surface area contributed by atoms with Gasteiger partial charge in [0, 0.05) is 17.2 Å².